The van der Waals surface area contributed by atoms with E-state index in [4.69, 9.17) is 9.47 Å². The summed E-state index contributed by atoms with van der Waals surface area (Å²) in [5, 5.41) is 0. The zero-order valence-electron chi connectivity index (χ0n) is 10.5. The van der Waals surface area contributed by atoms with Crippen LogP contribution in [0.15, 0.2) is 0 Å². The molecule has 17 heavy (non-hydrogen) atoms. The fourth-order valence-corrected chi connectivity index (χ4v) is 2.02. The molecular formula is C11H18N4O2. The van der Waals surface area contributed by atoms with E-state index in [1.807, 2.05) is 0 Å². The molecule has 94 valence electrons. The molecule has 2 rings (SSSR count). The van der Waals surface area contributed by atoms with Crippen LogP contribution in [0.25, 0.3) is 0 Å². The van der Waals surface area contributed by atoms with E-state index in [0.29, 0.717) is 23.9 Å². The summed E-state index contributed by atoms with van der Waals surface area (Å²) in [6.45, 7) is 4.18. The molecule has 1 aliphatic heterocycles. The number of aromatic nitrogens is 3. The molecule has 6 heteroatoms. The van der Waals surface area contributed by atoms with Crippen molar-refractivity contribution in [3.63, 3.8) is 0 Å². The first-order valence-corrected chi connectivity index (χ1v) is 5.82. The fraction of sp³-hybridized carbons (Fsp3) is 0.727. The van der Waals surface area contributed by atoms with Crippen LogP contribution in [-0.4, -0.2) is 42.3 Å². The van der Waals surface area contributed by atoms with Crippen LogP contribution in [0.2, 0.25) is 0 Å². The molecule has 0 spiro atoms. The van der Waals surface area contributed by atoms with Crippen molar-refractivity contribution in [2.45, 2.75) is 19.8 Å². The summed E-state index contributed by atoms with van der Waals surface area (Å²) in [4.78, 5) is 14.7. The first-order chi connectivity index (χ1) is 8.22. The Bertz CT molecular complexity index is 363. The van der Waals surface area contributed by atoms with Gasteiger partial charge in [-0.2, -0.15) is 9.97 Å². The predicted octanol–water partition coefficient (Wildman–Crippen LogP) is 1.13. The largest absolute Gasteiger partial charge is 0.467 e. The van der Waals surface area contributed by atoms with Crippen LogP contribution in [-0.2, 0) is 0 Å². The summed E-state index contributed by atoms with van der Waals surface area (Å²) in [6, 6.07) is 0.593. The molecule has 1 aromatic heterocycles. The smallest absolute Gasteiger partial charge is 0.324 e. The van der Waals surface area contributed by atoms with Crippen LogP contribution < -0.4 is 14.4 Å². The van der Waals surface area contributed by atoms with E-state index < -0.39 is 0 Å². The Labute approximate surface area is 101 Å². The molecule has 2 heterocycles. The van der Waals surface area contributed by atoms with E-state index in [1.54, 1.807) is 0 Å². The van der Waals surface area contributed by atoms with Crippen molar-refractivity contribution in [2.24, 2.45) is 5.92 Å². The first kappa shape index (κ1) is 11.9. The van der Waals surface area contributed by atoms with Gasteiger partial charge in [-0.25, -0.2) is 0 Å². The third kappa shape index (κ3) is 2.75. The Balaban J connectivity index is 2.23. The Morgan fingerprint density at radius 3 is 2.29 bits per heavy atom. The molecule has 0 aromatic carbocycles. The van der Waals surface area contributed by atoms with Gasteiger partial charge in [0.05, 0.1) is 14.2 Å². The van der Waals surface area contributed by atoms with Gasteiger partial charge in [-0.3, -0.25) is 0 Å². The van der Waals surface area contributed by atoms with Crippen molar-refractivity contribution >= 4 is 5.95 Å². The van der Waals surface area contributed by atoms with Crippen molar-refractivity contribution in [1.29, 1.82) is 0 Å². The lowest BCUT2D eigenvalue weighted by Crippen LogP contribution is -2.35. The molecule has 1 aromatic rings. The van der Waals surface area contributed by atoms with Gasteiger partial charge in [0, 0.05) is 13.1 Å². The highest BCUT2D eigenvalue weighted by atomic mass is 16.5. The summed E-state index contributed by atoms with van der Waals surface area (Å²) in [6.07, 6.45) is 2.42. The van der Waals surface area contributed by atoms with Gasteiger partial charge >= 0.3 is 12.0 Å². The number of hydrogen-bond acceptors (Lipinski definition) is 6. The second kappa shape index (κ2) is 5.16. The molecule has 1 aliphatic rings. The quantitative estimate of drug-likeness (QED) is 0.786. The highest BCUT2D eigenvalue weighted by Crippen LogP contribution is 2.22. The van der Waals surface area contributed by atoms with Crippen molar-refractivity contribution in [1.82, 2.24) is 15.0 Å². The third-order valence-electron chi connectivity index (χ3n) is 2.89. The zero-order valence-corrected chi connectivity index (χ0v) is 10.5. The minimum atomic E-state index is 0.296. The van der Waals surface area contributed by atoms with Crippen LogP contribution >= 0.6 is 0 Å². The van der Waals surface area contributed by atoms with Gasteiger partial charge in [-0.05, 0) is 18.8 Å². The molecule has 1 unspecified atom stereocenters. The van der Waals surface area contributed by atoms with Crippen LogP contribution in [0.5, 0.6) is 12.0 Å². The van der Waals surface area contributed by atoms with Gasteiger partial charge in [0.25, 0.3) is 0 Å². The van der Waals surface area contributed by atoms with Crippen molar-refractivity contribution in [2.75, 3.05) is 32.2 Å². The molecule has 0 radical (unpaired) electrons. The lowest BCUT2D eigenvalue weighted by Gasteiger charge is -2.30. The first-order valence-electron chi connectivity index (χ1n) is 5.82. The summed E-state index contributed by atoms with van der Waals surface area (Å²) in [5.41, 5.74) is 0. The molecule has 1 fully saturated rings. The fourth-order valence-electron chi connectivity index (χ4n) is 2.02. The number of methoxy groups -OCH3 is 2. The molecule has 0 N–H and O–H groups in total. The van der Waals surface area contributed by atoms with Gasteiger partial charge in [0.15, 0.2) is 0 Å². The van der Waals surface area contributed by atoms with Gasteiger partial charge in [0.1, 0.15) is 0 Å². The number of nitrogens with zero attached hydrogens (tertiary/aromatic N) is 4. The van der Waals surface area contributed by atoms with Crippen molar-refractivity contribution < 1.29 is 9.47 Å². The molecule has 1 atom stereocenters. The lowest BCUT2D eigenvalue weighted by molar-refractivity contribution is 0.337. The average molecular weight is 238 g/mol. The molecule has 0 aliphatic carbocycles. The monoisotopic (exact) mass is 238 g/mol. The SMILES string of the molecule is COc1nc(OC)nc(N2CCCC(C)C2)n1. The van der Waals surface area contributed by atoms with E-state index in [9.17, 15) is 0 Å². The zero-order chi connectivity index (χ0) is 12.3. The normalized spacial score (nSPS) is 20.2. The van der Waals surface area contributed by atoms with Crippen LogP contribution in [0.4, 0.5) is 5.95 Å². The van der Waals surface area contributed by atoms with E-state index in [1.165, 1.54) is 20.6 Å². The van der Waals surface area contributed by atoms with Crippen LogP contribution in [0.3, 0.4) is 0 Å². The van der Waals surface area contributed by atoms with Crippen molar-refractivity contribution in [3.8, 4) is 12.0 Å². The van der Waals surface area contributed by atoms with Gasteiger partial charge < -0.3 is 14.4 Å². The van der Waals surface area contributed by atoms with E-state index in [-0.39, 0.29) is 0 Å². The van der Waals surface area contributed by atoms with E-state index in [0.717, 1.165) is 19.5 Å². The Morgan fingerprint density at radius 1 is 1.12 bits per heavy atom. The van der Waals surface area contributed by atoms with Crippen LogP contribution in [0, 0.1) is 5.92 Å². The minimum Gasteiger partial charge on any atom is -0.467 e. The minimum absolute atomic E-state index is 0.296. The highest BCUT2D eigenvalue weighted by Gasteiger charge is 2.20. The Hall–Kier alpha value is -1.59. The van der Waals surface area contributed by atoms with E-state index >= 15 is 0 Å². The predicted molar refractivity (Wildman–Crippen MR) is 63.5 cm³/mol. The number of hydrogen-bond donors (Lipinski definition) is 0. The number of anilines is 1. The van der Waals surface area contributed by atoms with Gasteiger partial charge in [-0.1, -0.05) is 6.92 Å². The molecular weight excluding hydrogens is 220 g/mol. The number of ether oxygens (including phenoxy) is 2. The second-order valence-electron chi connectivity index (χ2n) is 4.30. The summed E-state index contributed by atoms with van der Waals surface area (Å²) in [5.74, 6) is 1.30. The number of rotatable bonds is 3. The van der Waals surface area contributed by atoms with Gasteiger partial charge in [0.2, 0.25) is 5.95 Å². The molecule has 6 nitrogen and oxygen atoms in total. The maximum Gasteiger partial charge on any atom is 0.324 e. The summed E-state index contributed by atoms with van der Waals surface area (Å²) >= 11 is 0. The molecule has 0 bridgehead atoms. The Morgan fingerprint density at radius 2 is 1.76 bits per heavy atom. The maximum atomic E-state index is 5.05. The van der Waals surface area contributed by atoms with Gasteiger partial charge in [-0.15, -0.1) is 4.98 Å². The molecule has 1 saturated heterocycles. The summed E-state index contributed by atoms with van der Waals surface area (Å²) < 4.78 is 10.1. The summed E-state index contributed by atoms with van der Waals surface area (Å²) in [7, 11) is 3.08. The van der Waals surface area contributed by atoms with E-state index in [2.05, 4.69) is 26.8 Å². The van der Waals surface area contributed by atoms with Crippen LogP contribution in [0.1, 0.15) is 19.8 Å². The lowest BCUT2D eigenvalue weighted by atomic mass is 10.0. The topological polar surface area (TPSA) is 60.4 Å². The Kier molecular flexibility index (Phi) is 3.61. The third-order valence-corrected chi connectivity index (χ3v) is 2.89. The van der Waals surface area contributed by atoms with Crippen molar-refractivity contribution in [3.05, 3.63) is 0 Å². The standard InChI is InChI=1S/C11H18N4O2/c1-8-5-4-6-15(7-8)9-12-10(16-2)14-11(13-9)17-3/h8H,4-7H2,1-3H3. The molecule has 0 saturated carbocycles. The second-order valence-corrected chi connectivity index (χ2v) is 4.30. The molecule has 0 amide bonds. The average Bonchev–Trinajstić information content (AvgIpc) is 2.38. The maximum absolute atomic E-state index is 5.05. The number of piperidine rings is 1. The highest BCUT2D eigenvalue weighted by molar-refractivity contribution is 5.32.